The predicted molar refractivity (Wildman–Crippen MR) is 122 cm³/mol. The van der Waals surface area contributed by atoms with E-state index < -0.39 is 35.2 Å². The number of nitrogens with two attached hydrogens (primary N) is 1. The maximum absolute atomic E-state index is 14.3. The van der Waals surface area contributed by atoms with Gasteiger partial charge >= 0.3 is 0 Å². The Morgan fingerprint density at radius 1 is 1.11 bits per heavy atom. The smallest absolute Gasteiger partial charge is 0.270 e. The zero-order valence-corrected chi connectivity index (χ0v) is 18.6. The van der Waals surface area contributed by atoms with Crippen molar-refractivity contribution in [2.24, 2.45) is 5.73 Å². The maximum atomic E-state index is 14.3. The van der Waals surface area contributed by atoms with Gasteiger partial charge in [-0.1, -0.05) is 0 Å². The summed E-state index contributed by atoms with van der Waals surface area (Å²) in [4.78, 5) is 22.1. The van der Waals surface area contributed by atoms with E-state index in [1.807, 2.05) is 0 Å². The molecule has 4 N–H and O–H groups in total. The Morgan fingerprint density at radius 3 is 2.54 bits per heavy atom. The number of hydrogen-bond acceptors (Lipinski definition) is 5. The highest BCUT2D eigenvalue weighted by Gasteiger charge is 2.32. The summed E-state index contributed by atoms with van der Waals surface area (Å²) < 4.78 is 61.4. The second-order valence-electron chi connectivity index (χ2n) is 8.33. The van der Waals surface area contributed by atoms with Crippen molar-refractivity contribution in [1.29, 1.82) is 0 Å². The molecule has 4 aromatic rings. The number of pyridine rings is 1. The first-order valence-electron chi connectivity index (χ1n) is 10.9. The van der Waals surface area contributed by atoms with Crippen LogP contribution in [0.15, 0.2) is 30.3 Å². The van der Waals surface area contributed by atoms with Crippen molar-refractivity contribution >= 4 is 33.4 Å². The minimum absolute atomic E-state index is 0.0874. The van der Waals surface area contributed by atoms with Crippen molar-refractivity contribution in [1.82, 2.24) is 14.9 Å². The third-order valence-corrected chi connectivity index (χ3v) is 6.13. The molecule has 7 nitrogen and oxygen atoms in total. The average molecular weight is 487 g/mol. The van der Waals surface area contributed by atoms with E-state index in [1.54, 1.807) is 0 Å². The number of aromatic amines is 1. The molecule has 0 fully saturated rings. The molecule has 1 atom stereocenters. The fraction of sp³-hybridized carbons (Fsp3) is 0.250. The van der Waals surface area contributed by atoms with Gasteiger partial charge in [0.05, 0.1) is 24.9 Å². The van der Waals surface area contributed by atoms with Gasteiger partial charge in [0.1, 0.15) is 11.5 Å². The Hall–Kier alpha value is -3.70. The van der Waals surface area contributed by atoms with Gasteiger partial charge in [-0.2, -0.15) is 0 Å². The van der Waals surface area contributed by atoms with E-state index in [2.05, 4.69) is 15.3 Å². The van der Waals surface area contributed by atoms with Crippen molar-refractivity contribution in [3.8, 4) is 0 Å². The number of rotatable bonds is 5. The lowest BCUT2D eigenvalue weighted by atomic mass is 9.94. The molecular formula is C24H21F4N5O2. The number of carbonyl (C=O) groups excluding carboxylic acids is 1. The zero-order chi connectivity index (χ0) is 24.9. The Labute approximate surface area is 196 Å². The number of H-pyrrole nitrogens is 1. The van der Waals surface area contributed by atoms with Crippen LogP contribution in [0.25, 0.3) is 21.7 Å². The van der Waals surface area contributed by atoms with Crippen LogP contribution in [-0.4, -0.2) is 47.5 Å². The molecule has 0 saturated carbocycles. The van der Waals surface area contributed by atoms with Gasteiger partial charge in [0, 0.05) is 48.1 Å². The molecule has 2 aromatic heterocycles. The minimum atomic E-state index is -1.04. The number of halogens is 4. The topological polar surface area (TPSA) is 96.3 Å². The molecule has 5 rings (SSSR count). The van der Waals surface area contributed by atoms with Crippen LogP contribution >= 0.6 is 0 Å². The van der Waals surface area contributed by atoms with E-state index in [0.717, 1.165) is 24.3 Å². The molecule has 182 valence electrons. The number of hydrogen-bond donors (Lipinski definition) is 3. The lowest BCUT2D eigenvalue weighted by Gasteiger charge is -2.34. The summed E-state index contributed by atoms with van der Waals surface area (Å²) in [6, 6.07) is 4.87. The molecule has 2 aromatic carbocycles. The van der Waals surface area contributed by atoms with Crippen molar-refractivity contribution in [3.63, 3.8) is 0 Å². The molecule has 0 bridgehead atoms. The van der Waals surface area contributed by atoms with Crippen molar-refractivity contribution < 1.29 is 27.1 Å². The second kappa shape index (κ2) is 8.82. The first kappa shape index (κ1) is 23.1. The fourth-order valence-corrected chi connectivity index (χ4v) is 4.41. The fourth-order valence-electron chi connectivity index (χ4n) is 4.41. The quantitative estimate of drug-likeness (QED) is 0.370. The highest BCUT2D eigenvalue weighted by Crippen LogP contribution is 2.38. The number of ether oxygens (including phenoxy) is 1. The van der Waals surface area contributed by atoms with Gasteiger partial charge in [-0.3, -0.25) is 4.79 Å². The first-order valence-corrected chi connectivity index (χ1v) is 10.9. The monoisotopic (exact) mass is 487 g/mol. The Kier molecular flexibility index (Phi) is 5.81. The van der Waals surface area contributed by atoms with Crippen LogP contribution in [-0.2, 0) is 11.3 Å². The molecule has 1 aliphatic heterocycles. The number of aromatic nitrogens is 2. The summed E-state index contributed by atoms with van der Waals surface area (Å²) in [6.45, 7) is 0.873. The van der Waals surface area contributed by atoms with Gasteiger partial charge in [0.2, 0.25) is 0 Å². The molecular weight excluding hydrogens is 466 g/mol. The lowest BCUT2D eigenvalue weighted by molar-refractivity contribution is 0.0334. The Bertz CT molecular complexity index is 1430. The molecule has 0 saturated heterocycles. The number of amides is 1. The Morgan fingerprint density at radius 2 is 1.80 bits per heavy atom. The summed E-state index contributed by atoms with van der Waals surface area (Å²) in [5.74, 6) is -4.27. The number of fused-ring (bicyclic) bond motifs is 4. The molecule has 1 unspecified atom stereocenters. The molecule has 0 spiro atoms. The van der Waals surface area contributed by atoms with Gasteiger partial charge in [0.15, 0.2) is 23.3 Å². The van der Waals surface area contributed by atoms with Crippen LogP contribution in [0.5, 0.6) is 0 Å². The summed E-state index contributed by atoms with van der Waals surface area (Å²) in [7, 11) is 1.53. The third-order valence-electron chi connectivity index (χ3n) is 6.13. The normalized spacial score (nSPS) is 15.4. The summed E-state index contributed by atoms with van der Waals surface area (Å²) in [5, 5.41) is 4.10. The summed E-state index contributed by atoms with van der Waals surface area (Å²) in [5.41, 5.74) is 6.95. The SMILES string of the molecule is CN(C(=O)c1cc2cc(F)c(F)cc2[nH]1)C1COCc2nc(NCCN)c3cc(F)c(F)cc3c21. The van der Waals surface area contributed by atoms with Crippen molar-refractivity contribution in [2.75, 3.05) is 32.1 Å². The highest BCUT2D eigenvalue weighted by molar-refractivity contribution is 5.99. The zero-order valence-electron chi connectivity index (χ0n) is 18.6. The molecule has 3 heterocycles. The van der Waals surface area contributed by atoms with E-state index >= 15 is 0 Å². The molecule has 0 radical (unpaired) electrons. The minimum Gasteiger partial charge on any atom is -0.373 e. The summed E-state index contributed by atoms with van der Waals surface area (Å²) >= 11 is 0. The van der Waals surface area contributed by atoms with Crippen LogP contribution < -0.4 is 11.1 Å². The molecule has 1 aliphatic rings. The van der Waals surface area contributed by atoms with E-state index in [4.69, 9.17) is 10.5 Å². The van der Waals surface area contributed by atoms with Gasteiger partial charge < -0.3 is 25.7 Å². The highest BCUT2D eigenvalue weighted by atomic mass is 19.2. The number of benzene rings is 2. The number of nitrogens with one attached hydrogen (secondary N) is 2. The maximum Gasteiger partial charge on any atom is 0.270 e. The van der Waals surface area contributed by atoms with E-state index in [0.29, 0.717) is 46.3 Å². The Balaban J connectivity index is 1.59. The standard InChI is InChI=1S/C24H21F4N5O2/c1-33(24(34)19-5-11-4-14(25)17(28)8-18(11)31-19)21-10-35-9-20-22(21)12-6-15(26)16(27)7-13(12)23(32-20)30-3-2-29/h4-8,21,31H,2-3,9-10,29H2,1H3,(H,30,32). The van der Waals surface area contributed by atoms with Gasteiger partial charge in [-0.15, -0.1) is 0 Å². The average Bonchev–Trinajstić information content (AvgIpc) is 3.25. The van der Waals surface area contributed by atoms with E-state index in [9.17, 15) is 22.4 Å². The molecule has 0 aliphatic carbocycles. The second-order valence-corrected chi connectivity index (χ2v) is 8.33. The van der Waals surface area contributed by atoms with Crippen LogP contribution in [0, 0.1) is 23.3 Å². The van der Waals surface area contributed by atoms with Crippen LogP contribution in [0.2, 0.25) is 0 Å². The van der Waals surface area contributed by atoms with Crippen molar-refractivity contribution in [3.05, 3.63) is 70.6 Å². The summed E-state index contributed by atoms with van der Waals surface area (Å²) in [6.07, 6.45) is 0. The lowest BCUT2D eigenvalue weighted by Crippen LogP contribution is -2.37. The number of nitrogens with zero attached hydrogens (tertiary/aromatic N) is 2. The van der Waals surface area contributed by atoms with Gasteiger partial charge in [-0.25, -0.2) is 22.5 Å². The number of carbonyl (C=O) groups is 1. The van der Waals surface area contributed by atoms with E-state index in [-0.39, 0.29) is 24.4 Å². The van der Waals surface area contributed by atoms with Crippen LogP contribution in [0.3, 0.4) is 0 Å². The molecule has 1 amide bonds. The molecule has 35 heavy (non-hydrogen) atoms. The third kappa shape index (κ3) is 3.96. The first-order chi connectivity index (χ1) is 16.8. The number of anilines is 1. The number of likely N-dealkylation sites (N-methyl/N-ethyl adjacent to an activating group) is 1. The van der Waals surface area contributed by atoms with E-state index in [1.165, 1.54) is 18.0 Å². The molecule has 11 heteroatoms. The predicted octanol–water partition coefficient (Wildman–Crippen LogP) is 3.99. The largest absolute Gasteiger partial charge is 0.373 e. The van der Waals surface area contributed by atoms with Gasteiger partial charge in [0.25, 0.3) is 5.91 Å². The van der Waals surface area contributed by atoms with Crippen molar-refractivity contribution in [2.45, 2.75) is 12.6 Å². The van der Waals surface area contributed by atoms with Gasteiger partial charge in [-0.05, 0) is 29.7 Å². The van der Waals surface area contributed by atoms with Crippen LogP contribution in [0.1, 0.15) is 27.8 Å². The van der Waals surface area contributed by atoms with Crippen LogP contribution in [0.4, 0.5) is 23.4 Å².